The monoisotopic (exact) mass is 266 g/mol. The summed E-state index contributed by atoms with van der Waals surface area (Å²) in [5, 5.41) is 9.31. The standard InChI is InChI=1S/C11H11BrN2O/c12-9-1-2-10(14-7-9)11(8-13)3-5-15-6-4-11/h1-2,7H,3-6H2. The molecule has 1 aliphatic heterocycles. The third-order valence-electron chi connectivity index (χ3n) is 2.78. The van der Waals surface area contributed by atoms with E-state index in [0.717, 1.165) is 23.0 Å². The predicted molar refractivity (Wildman–Crippen MR) is 59.3 cm³/mol. The van der Waals surface area contributed by atoms with E-state index in [4.69, 9.17) is 4.74 Å². The molecule has 3 nitrogen and oxygen atoms in total. The van der Waals surface area contributed by atoms with Gasteiger partial charge in [0, 0.05) is 23.9 Å². The van der Waals surface area contributed by atoms with Crippen molar-refractivity contribution in [3.8, 4) is 6.07 Å². The van der Waals surface area contributed by atoms with E-state index in [1.807, 2.05) is 12.1 Å². The van der Waals surface area contributed by atoms with Gasteiger partial charge in [0.05, 0.1) is 11.8 Å². The molecule has 0 aromatic carbocycles. The molecule has 0 amide bonds. The quantitative estimate of drug-likeness (QED) is 0.785. The van der Waals surface area contributed by atoms with Crippen molar-refractivity contribution in [2.75, 3.05) is 13.2 Å². The third kappa shape index (κ3) is 2.04. The minimum absolute atomic E-state index is 0.445. The highest BCUT2D eigenvalue weighted by atomic mass is 79.9. The first-order valence-electron chi connectivity index (χ1n) is 4.88. The van der Waals surface area contributed by atoms with Gasteiger partial charge in [-0.15, -0.1) is 0 Å². The van der Waals surface area contributed by atoms with Gasteiger partial charge in [-0.2, -0.15) is 5.26 Å². The molecular formula is C11H11BrN2O. The minimum Gasteiger partial charge on any atom is -0.381 e. The molecule has 0 saturated carbocycles. The van der Waals surface area contributed by atoms with Gasteiger partial charge in [-0.1, -0.05) is 0 Å². The highest BCUT2D eigenvalue weighted by molar-refractivity contribution is 9.10. The summed E-state index contributed by atoms with van der Waals surface area (Å²) in [7, 11) is 0. The van der Waals surface area contributed by atoms with E-state index in [9.17, 15) is 5.26 Å². The molecule has 0 spiro atoms. The number of pyridine rings is 1. The molecule has 1 aliphatic rings. The minimum atomic E-state index is -0.445. The zero-order chi connectivity index (χ0) is 10.7. The van der Waals surface area contributed by atoms with Crippen LogP contribution in [0, 0.1) is 11.3 Å². The first-order valence-corrected chi connectivity index (χ1v) is 5.67. The summed E-state index contributed by atoms with van der Waals surface area (Å²) in [5.74, 6) is 0. The zero-order valence-corrected chi connectivity index (χ0v) is 9.83. The molecule has 0 bridgehead atoms. The maximum Gasteiger partial charge on any atom is 0.104 e. The van der Waals surface area contributed by atoms with Crippen molar-refractivity contribution in [2.45, 2.75) is 18.3 Å². The normalized spacial score (nSPS) is 19.5. The van der Waals surface area contributed by atoms with Crippen LogP contribution >= 0.6 is 15.9 Å². The van der Waals surface area contributed by atoms with Gasteiger partial charge in [0.1, 0.15) is 5.41 Å². The Hall–Kier alpha value is -0.920. The topological polar surface area (TPSA) is 45.9 Å². The summed E-state index contributed by atoms with van der Waals surface area (Å²) in [5.41, 5.74) is 0.412. The lowest BCUT2D eigenvalue weighted by molar-refractivity contribution is 0.0663. The van der Waals surface area contributed by atoms with Crippen LogP contribution < -0.4 is 0 Å². The van der Waals surface area contributed by atoms with E-state index in [1.165, 1.54) is 0 Å². The maximum absolute atomic E-state index is 9.31. The van der Waals surface area contributed by atoms with E-state index in [2.05, 4.69) is 27.0 Å². The van der Waals surface area contributed by atoms with Crippen molar-refractivity contribution in [2.24, 2.45) is 0 Å². The smallest absolute Gasteiger partial charge is 0.104 e. The van der Waals surface area contributed by atoms with Crippen molar-refractivity contribution < 1.29 is 4.74 Å². The molecule has 2 heterocycles. The zero-order valence-electron chi connectivity index (χ0n) is 8.24. The Labute approximate surface area is 97.2 Å². The fraction of sp³-hybridized carbons (Fsp3) is 0.455. The van der Waals surface area contributed by atoms with Crippen molar-refractivity contribution in [1.82, 2.24) is 4.98 Å². The SMILES string of the molecule is N#CC1(c2ccc(Br)cn2)CCOCC1. The number of nitriles is 1. The second-order valence-electron chi connectivity index (χ2n) is 3.67. The van der Waals surface area contributed by atoms with E-state index >= 15 is 0 Å². The van der Waals surface area contributed by atoms with Crippen molar-refractivity contribution >= 4 is 15.9 Å². The molecule has 2 rings (SSSR count). The molecular weight excluding hydrogens is 256 g/mol. The summed E-state index contributed by atoms with van der Waals surface area (Å²) in [4.78, 5) is 4.32. The summed E-state index contributed by atoms with van der Waals surface area (Å²) < 4.78 is 6.22. The summed E-state index contributed by atoms with van der Waals surface area (Å²) in [6.45, 7) is 1.29. The second kappa shape index (κ2) is 4.30. The lowest BCUT2D eigenvalue weighted by atomic mass is 9.78. The van der Waals surface area contributed by atoms with E-state index in [1.54, 1.807) is 6.20 Å². The fourth-order valence-electron chi connectivity index (χ4n) is 1.80. The molecule has 15 heavy (non-hydrogen) atoms. The number of ether oxygens (including phenoxy) is 1. The van der Waals surface area contributed by atoms with Crippen LogP contribution in [0.15, 0.2) is 22.8 Å². The molecule has 0 atom stereocenters. The van der Waals surface area contributed by atoms with Crippen LogP contribution in [0.25, 0.3) is 0 Å². The van der Waals surface area contributed by atoms with Crippen LogP contribution in [0.3, 0.4) is 0 Å². The molecule has 0 radical (unpaired) electrons. The van der Waals surface area contributed by atoms with Gasteiger partial charge in [0.2, 0.25) is 0 Å². The predicted octanol–water partition coefficient (Wildman–Crippen LogP) is 2.42. The lowest BCUT2D eigenvalue weighted by Gasteiger charge is -2.29. The van der Waals surface area contributed by atoms with Crippen LogP contribution in [-0.4, -0.2) is 18.2 Å². The summed E-state index contributed by atoms with van der Waals surface area (Å²) in [6, 6.07) is 6.24. The Kier molecular flexibility index (Phi) is 3.03. The number of nitrogens with zero attached hydrogens (tertiary/aromatic N) is 2. The van der Waals surface area contributed by atoms with Crippen LogP contribution in [0.1, 0.15) is 18.5 Å². The first kappa shape index (κ1) is 10.6. The van der Waals surface area contributed by atoms with Gasteiger partial charge in [0.15, 0.2) is 0 Å². The van der Waals surface area contributed by atoms with Gasteiger partial charge >= 0.3 is 0 Å². The molecule has 1 saturated heterocycles. The lowest BCUT2D eigenvalue weighted by Crippen LogP contribution is -2.33. The molecule has 0 aliphatic carbocycles. The molecule has 1 aromatic rings. The number of halogens is 1. The number of hydrogen-bond donors (Lipinski definition) is 0. The Morgan fingerprint density at radius 2 is 2.13 bits per heavy atom. The van der Waals surface area contributed by atoms with E-state index < -0.39 is 5.41 Å². The number of aromatic nitrogens is 1. The molecule has 0 unspecified atom stereocenters. The Balaban J connectivity index is 2.33. The molecule has 1 aromatic heterocycles. The van der Waals surface area contributed by atoms with Crippen LogP contribution in [0.5, 0.6) is 0 Å². The molecule has 4 heteroatoms. The Morgan fingerprint density at radius 1 is 1.40 bits per heavy atom. The average molecular weight is 267 g/mol. The van der Waals surface area contributed by atoms with Gasteiger partial charge in [0.25, 0.3) is 0 Å². The molecule has 78 valence electrons. The highest BCUT2D eigenvalue weighted by Crippen LogP contribution is 2.33. The Bertz CT molecular complexity index is 377. The van der Waals surface area contributed by atoms with E-state index in [-0.39, 0.29) is 0 Å². The van der Waals surface area contributed by atoms with Crippen molar-refractivity contribution in [1.29, 1.82) is 5.26 Å². The summed E-state index contributed by atoms with van der Waals surface area (Å²) >= 11 is 3.34. The van der Waals surface area contributed by atoms with E-state index in [0.29, 0.717) is 13.2 Å². The average Bonchev–Trinajstić information content (AvgIpc) is 2.31. The highest BCUT2D eigenvalue weighted by Gasteiger charge is 2.35. The molecule has 1 fully saturated rings. The third-order valence-corrected chi connectivity index (χ3v) is 3.25. The summed E-state index contributed by atoms with van der Waals surface area (Å²) in [6.07, 6.45) is 3.21. The van der Waals surface area contributed by atoms with Crippen LogP contribution in [0.2, 0.25) is 0 Å². The van der Waals surface area contributed by atoms with Gasteiger partial charge in [-0.25, -0.2) is 0 Å². The van der Waals surface area contributed by atoms with Crippen molar-refractivity contribution in [3.63, 3.8) is 0 Å². The number of hydrogen-bond acceptors (Lipinski definition) is 3. The number of rotatable bonds is 1. The van der Waals surface area contributed by atoms with Crippen LogP contribution in [-0.2, 0) is 10.2 Å². The van der Waals surface area contributed by atoms with Crippen LogP contribution in [0.4, 0.5) is 0 Å². The maximum atomic E-state index is 9.31. The Morgan fingerprint density at radius 3 is 2.67 bits per heavy atom. The van der Waals surface area contributed by atoms with Gasteiger partial charge < -0.3 is 4.74 Å². The van der Waals surface area contributed by atoms with Crippen molar-refractivity contribution in [3.05, 3.63) is 28.5 Å². The molecule has 0 N–H and O–H groups in total. The van der Waals surface area contributed by atoms with Gasteiger partial charge in [-0.3, -0.25) is 4.98 Å². The fourth-order valence-corrected chi connectivity index (χ4v) is 2.04. The largest absolute Gasteiger partial charge is 0.381 e. The first-order chi connectivity index (χ1) is 7.27. The second-order valence-corrected chi connectivity index (χ2v) is 4.58. The van der Waals surface area contributed by atoms with Gasteiger partial charge in [-0.05, 0) is 40.9 Å².